The van der Waals surface area contributed by atoms with Gasteiger partial charge in [0.1, 0.15) is 0 Å². The van der Waals surface area contributed by atoms with Crippen molar-refractivity contribution in [3.8, 4) is 17.5 Å². The van der Waals surface area contributed by atoms with Crippen LogP contribution in [0.4, 0.5) is 0 Å². The number of amides is 1. The van der Waals surface area contributed by atoms with E-state index in [0.29, 0.717) is 29.9 Å². The maximum atomic E-state index is 13.0. The summed E-state index contributed by atoms with van der Waals surface area (Å²) in [6, 6.07) is 5.77. The molecule has 2 atom stereocenters. The fourth-order valence-corrected chi connectivity index (χ4v) is 4.66. The maximum Gasteiger partial charge on any atom is 0.316 e. The topological polar surface area (TPSA) is 94.0 Å². The lowest BCUT2D eigenvalue weighted by Gasteiger charge is -2.44. The molecule has 2 fully saturated rings. The van der Waals surface area contributed by atoms with Gasteiger partial charge in [0.15, 0.2) is 11.5 Å². The van der Waals surface area contributed by atoms with Gasteiger partial charge in [-0.25, -0.2) is 9.97 Å². The summed E-state index contributed by atoms with van der Waals surface area (Å²) >= 11 is 0. The van der Waals surface area contributed by atoms with Gasteiger partial charge in [-0.2, -0.15) is 0 Å². The van der Waals surface area contributed by atoms with Crippen molar-refractivity contribution in [2.24, 2.45) is 0 Å². The summed E-state index contributed by atoms with van der Waals surface area (Å²) in [7, 11) is 1.48. The first-order chi connectivity index (χ1) is 13.6. The number of piperidine rings is 1. The Morgan fingerprint density at radius 2 is 1.86 bits per heavy atom. The average Bonchev–Trinajstić information content (AvgIpc) is 3.29. The fraction of sp³-hybridized carbons (Fsp3) is 0.450. The highest BCUT2D eigenvalue weighted by molar-refractivity contribution is 5.94. The Labute approximate surface area is 162 Å². The SMILES string of the molecule is COc1ncc(C(=O)N2[C@@H]3CC[C@@H]2CC(O)(c2ccc4c(c2)OCO4)C3)cn1. The van der Waals surface area contributed by atoms with Crippen molar-refractivity contribution in [1.29, 1.82) is 0 Å². The number of rotatable bonds is 3. The van der Waals surface area contributed by atoms with Crippen LogP contribution in [-0.4, -0.2) is 51.9 Å². The highest BCUT2D eigenvalue weighted by atomic mass is 16.7. The molecule has 2 saturated heterocycles. The van der Waals surface area contributed by atoms with E-state index in [2.05, 4.69) is 9.97 Å². The van der Waals surface area contributed by atoms with Crippen LogP contribution >= 0.6 is 0 Å². The molecule has 5 rings (SSSR count). The molecule has 0 spiro atoms. The van der Waals surface area contributed by atoms with Gasteiger partial charge >= 0.3 is 6.01 Å². The number of methoxy groups -OCH3 is 1. The number of aromatic nitrogens is 2. The number of hydrogen-bond acceptors (Lipinski definition) is 7. The highest BCUT2D eigenvalue weighted by Crippen LogP contribution is 2.47. The number of aliphatic hydroxyl groups is 1. The first-order valence-electron chi connectivity index (χ1n) is 9.38. The molecule has 1 aromatic carbocycles. The zero-order valence-corrected chi connectivity index (χ0v) is 15.5. The van der Waals surface area contributed by atoms with Crippen LogP contribution in [0.25, 0.3) is 0 Å². The smallest absolute Gasteiger partial charge is 0.316 e. The quantitative estimate of drug-likeness (QED) is 0.865. The van der Waals surface area contributed by atoms with Crippen molar-refractivity contribution in [3.63, 3.8) is 0 Å². The first-order valence-corrected chi connectivity index (χ1v) is 9.38. The number of benzene rings is 1. The van der Waals surface area contributed by atoms with Crippen LogP contribution in [0.3, 0.4) is 0 Å². The predicted molar refractivity (Wildman–Crippen MR) is 97.3 cm³/mol. The predicted octanol–water partition coefficient (Wildman–Crippen LogP) is 1.87. The minimum atomic E-state index is -0.986. The molecule has 8 nitrogen and oxygen atoms in total. The molecule has 3 aliphatic rings. The number of ether oxygens (including phenoxy) is 3. The molecule has 146 valence electrons. The zero-order valence-electron chi connectivity index (χ0n) is 15.5. The Morgan fingerprint density at radius 1 is 1.18 bits per heavy atom. The molecule has 3 aliphatic heterocycles. The molecular weight excluding hydrogens is 362 g/mol. The van der Waals surface area contributed by atoms with Gasteiger partial charge in [-0.15, -0.1) is 0 Å². The third-order valence-electron chi connectivity index (χ3n) is 5.97. The van der Waals surface area contributed by atoms with Crippen LogP contribution in [0.5, 0.6) is 17.5 Å². The number of carbonyl (C=O) groups excluding carboxylic acids is 1. The summed E-state index contributed by atoms with van der Waals surface area (Å²) in [6.45, 7) is 0.203. The molecule has 0 aliphatic carbocycles. The molecule has 0 radical (unpaired) electrons. The minimum Gasteiger partial charge on any atom is -0.467 e. The number of nitrogens with zero attached hydrogens (tertiary/aromatic N) is 3. The zero-order chi connectivity index (χ0) is 19.3. The van der Waals surface area contributed by atoms with Crippen molar-refractivity contribution >= 4 is 5.91 Å². The monoisotopic (exact) mass is 383 g/mol. The Bertz CT molecular complexity index is 903. The van der Waals surface area contributed by atoms with E-state index in [1.807, 2.05) is 23.1 Å². The third-order valence-corrected chi connectivity index (χ3v) is 5.97. The summed E-state index contributed by atoms with van der Waals surface area (Å²) in [5.74, 6) is 1.26. The Morgan fingerprint density at radius 3 is 2.54 bits per heavy atom. The summed E-state index contributed by atoms with van der Waals surface area (Å²) in [6.07, 6.45) is 5.72. The molecule has 1 amide bonds. The second-order valence-corrected chi connectivity index (χ2v) is 7.56. The second-order valence-electron chi connectivity index (χ2n) is 7.56. The fourth-order valence-electron chi connectivity index (χ4n) is 4.66. The van der Waals surface area contributed by atoms with Crippen molar-refractivity contribution in [1.82, 2.24) is 14.9 Å². The van der Waals surface area contributed by atoms with Crippen LogP contribution in [0.2, 0.25) is 0 Å². The van der Waals surface area contributed by atoms with E-state index in [1.165, 1.54) is 19.5 Å². The van der Waals surface area contributed by atoms with E-state index in [-0.39, 0.29) is 30.8 Å². The number of carbonyl (C=O) groups is 1. The van der Waals surface area contributed by atoms with Gasteiger partial charge in [-0.05, 0) is 30.5 Å². The maximum absolute atomic E-state index is 13.0. The standard InChI is InChI=1S/C20H21N3O5/c1-26-19-21-9-12(10-22-19)18(24)23-14-3-4-15(23)8-20(25,7-14)13-2-5-16-17(6-13)28-11-27-16/h2,5-6,9-10,14-15,25H,3-4,7-8,11H2,1H3/t14-,15-/m1/s1. The molecule has 4 heterocycles. The molecule has 8 heteroatoms. The summed E-state index contributed by atoms with van der Waals surface area (Å²) in [4.78, 5) is 23.0. The largest absolute Gasteiger partial charge is 0.467 e. The van der Waals surface area contributed by atoms with Crippen molar-refractivity contribution in [3.05, 3.63) is 41.7 Å². The van der Waals surface area contributed by atoms with Gasteiger partial charge in [0.25, 0.3) is 5.91 Å². The normalized spacial score (nSPS) is 27.7. The van der Waals surface area contributed by atoms with Crippen LogP contribution in [0, 0.1) is 0 Å². The van der Waals surface area contributed by atoms with Gasteiger partial charge in [0.05, 0.1) is 18.3 Å². The molecule has 1 aromatic heterocycles. The molecule has 0 saturated carbocycles. The van der Waals surface area contributed by atoms with Crippen LogP contribution in [0.15, 0.2) is 30.6 Å². The van der Waals surface area contributed by atoms with E-state index in [0.717, 1.165) is 18.4 Å². The Balaban J connectivity index is 1.39. The third kappa shape index (κ3) is 2.67. The van der Waals surface area contributed by atoms with Crippen LogP contribution in [-0.2, 0) is 5.60 Å². The van der Waals surface area contributed by atoms with E-state index in [1.54, 1.807) is 0 Å². The lowest BCUT2D eigenvalue weighted by atomic mass is 9.80. The second kappa shape index (κ2) is 6.34. The van der Waals surface area contributed by atoms with Crippen molar-refractivity contribution in [2.45, 2.75) is 43.4 Å². The van der Waals surface area contributed by atoms with Crippen LogP contribution in [0.1, 0.15) is 41.6 Å². The van der Waals surface area contributed by atoms with E-state index >= 15 is 0 Å². The van der Waals surface area contributed by atoms with Gasteiger partial charge < -0.3 is 24.2 Å². The van der Waals surface area contributed by atoms with Gasteiger partial charge in [0.2, 0.25) is 6.79 Å². The molecular formula is C20H21N3O5. The summed E-state index contributed by atoms with van der Waals surface area (Å²) in [5, 5.41) is 11.4. The van der Waals surface area contributed by atoms with Gasteiger partial charge in [-0.1, -0.05) is 6.07 Å². The number of hydrogen-bond donors (Lipinski definition) is 1. The Kier molecular flexibility index (Phi) is 3.90. The van der Waals surface area contributed by atoms with E-state index in [9.17, 15) is 9.90 Å². The van der Waals surface area contributed by atoms with Gasteiger partial charge in [-0.3, -0.25) is 4.79 Å². The lowest BCUT2D eigenvalue weighted by Crippen LogP contribution is -2.52. The van der Waals surface area contributed by atoms with E-state index < -0.39 is 5.60 Å². The molecule has 1 N–H and O–H groups in total. The highest BCUT2D eigenvalue weighted by Gasteiger charge is 2.50. The first kappa shape index (κ1) is 17.2. The van der Waals surface area contributed by atoms with Crippen LogP contribution < -0.4 is 14.2 Å². The van der Waals surface area contributed by atoms with Gasteiger partial charge in [0, 0.05) is 37.3 Å². The molecule has 2 aromatic rings. The minimum absolute atomic E-state index is 0.0243. The van der Waals surface area contributed by atoms with Crippen molar-refractivity contribution < 1.29 is 24.1 Å². The summed E-state index contributed by atoms with van der Waals surface area (Å²) < 4.78 is 15.8. The lowest BCUT2D eigenvalue weighted by molar-refractivity contribution is -0.0480. The molecule has 28 heavy (non-hydrogen) atoms. The molecule has 2 bridgehead atoms. The summed E-state index contributed by atoms with van der Waals surface area (Å²) in [5.41, 5.74) is 0.264. The van der Waals surface area contributed by atoms with Crippen molar-refractivity contribution in [2.75, 3.05) is 13.9 Å². The molecule has 0 unspecified atom stereocenters. The van der Waals surface area contributed by atoms with E-state index in [4.69, 9.17) is 14.2 Å². The average molecular weight is 383 g/mol. The Hall–Kier alpha value is -2.87. The number of fused-ring (bicyclic) bond motifs is 3.